The SMILES string of the molecule is CSCC(C)N(C)c1ccc(CNC(C)C)cc1. The molecule has 0 bridgehead atoms. The predicted octanol–water partition coefficient (Wildman–Crippen LogP) is 3.37. The van der Waals surface area contributed by atoms with E-state index in [4.69, 9.17) is 0 Å². The molecule has 0 radical (unpaired) electrons. The van der Waals surface area contributed by atoms with Gasteiger partial charge in [-0.3, -0.25) is 0 Å². The van der Waals surface area contributed by atoms with Crippen LogP contribution in [0.3, 0.4) is 0 Å². The van der Waals surface area contributed by atoms with Crippen molar-refractivity contribution in [2.24, 2.45) is 0 Å². The molecule has 1 atom stereocenters. The summed E-state index contributed by atoms with van der Waals surface area (Å²) in [5.74, 6) is 1.16. The molecule has 0 aromatic heterocycles. The van der Waals surface area contributed by atoms with Crippen LogP contribution < -0.4 is 10.2 Å². The van der Waals surface area contributed by atoms with E-state index in [1.807, 2.05) is 11.8 Å². The number of rotatable bonds is 7. The molecule has 3 heteroatoms. The first-order valence-corrected chi connectivity index (χ1v) is 7.98. The van der Waals surface area contributed by atoms with Gasteiger partial charge in [-0.25, -0.2) is 0 Å². The highest BCUT2D eigenvalue weighted by Gasteiger charge is 2.08. The van der Waals surface area contributed by atoms with Crippen LogP contribution in [0.25, 0.3) is 0 Å². The normalized spacial score (nSPS) is 12.8. The molecule has 0 aliphatic carbocycles. The molecule has 1 aromatic rings. The zero-order valence-corrected chi connectivity index (χ0v) is 13.1. The van der Waals surface area contributed by atoms with Crippen LogP contribution in [-0.4, -0.2) is 31.1 Å². The molecule has 0 aliphatic rings. The average Bonchev–Trinajstić information content (AvgIpc) is 2.36. The molecule has 1 aromatic carbocycles. The minimum Gasteiger partial charge on any atom is -0.371 e. The van der Waals surface area contributed by atoms with Gasteiger partial charge in [-0.1, -0.05) is 26.0 Å². The third-order valence-corrected chi connectivity index (χ3v) is 3.94. The third kappa shape index (κ3) is 4.91. The second-order valence-electron chi connectivity index (χ2n) is 5.12. The van der Waals surface area contributed by atoms with Crippen LogP contribution in [-0.2, 0) is 6.54 Å². The van der Waals surface area contributed by atoms with E-state index in [9.17, 15) is 0 Å². The van der Waals surface area contributed by atoms with Gasteiger partial charge < -0.3 is 10.2 Å². The van der Waals surface area contributed by atoms with E-state index < -0.39 is 0 Å². The summed E-state index contributed by atoms with van der Waals surface area (Å²) in [6.45, 7) is 7.56. The van der Waals surface area contributed by atoms with E-state index in [2.05, 4.69) is 68.6 Å². The second-order valence-corrected chi connectivity index (χ2v) is 6.03. The molecule has 2 nitrogen and oxygen atoms in total. The van der Waals surface area contributed by atoms with Crippen LogP contribution in [0.2, 0.25) is 0 Å². The lowest BCUT2D eigenvalue weighted by Gasteiger charge is -2.26. The summed E-state index contributed by atoms with van der Waals surface area (Å²) in [4.78, 5) is 2.34. The summed E-state index contributed by atoms with van der Waals surface area (Å²) >= 11 is 1.90. The molecule has 0 amide bonds. The summed E-state index contributed by atoms with van der Waals surface area (Å²) in [5.41, 5.74) is 2.64. The Kier molecular flexibility index (Phi) is 6.58. The largest absolute Gasteiger partial charge is 0.371 e. The Morgan fingerprint density at radius 1 is 1.17 bits per heavy atom. The Morgan fingerprint density at radius 3 is 2.28 bits per heavy atom. The number of benzene rings is 1. The van der Waals surface area contributed by atoms with Gasteiger partial charge in [0.15, 0.2) is 0 Å². The summed E-state index contributed by atoms with van der Waals surface area (Å²) in [6.07, 6.45) is 2.16. The monoisotopic (exact) mass is 266 g/mol. The van der Waals surface area contributed by atoms with E-state index >= 15 is 0 Å². The fraction of sp³-hybridized carbons (Fsp3) is 0.600. The number of nitrogens with zero attached hydrogens (tertiary/aromatic N) is 1. The number of thioether (sulfide) groups is 1. The molecule has 0 fully saturated rings. The van der Waals surface area contributed by atoms with Crippen molar-refractivity contribution in [1.29, 1.82) is 0 Å². The molecule has 0 aliphatic heterocycles. The van der Waals surface area contributed by atoms with Gasteiger partial charge in [0.1, 0.15) is 0 Å². The summed E-state index contributed by atoms with van der Waals surface area (Å²) in [6, 6.07) is 9.97. The van der Waals surface area contributed by atoms with Crippen molar-refractivity contribution in [3.8, 4) is 0 Å². The van der Waals surface area contributed by atoms with Crippen LogP contribution in [0.15, 0.2) is 24.3 Å². The Balaban J connectivity index is 2.58. The summed E-state index contributed by atoms with van der Waals surface area (Å²) in [7, 11) is 2.17. The minimum absolute atomic E-state index is 0.536. The van der Waals surface area contributed by atoms with E-state index in [1.54, 1.807) is 0 Å². The summed E-state index contributed by atoms with van der Waals surface area (Å²) < 4.78 is 0. The first kappa shape index (κ1) is 15.4. The molecule has 1 rings (SSSR count). The zero-order valence-electron chi connectivity index (χ0n) is 12.2. The molecule has 18 heavy (non-hydrogen) atoms. The Bertz CT molecular complexity index is 335. The van der Waals surface area contributed by atoms with Crippen molar-refractivity contribution in [2.75, 3.05) is 24.0 Å². The first-order chi connectivity index (χ1) is 8.54. The van der Waals surface area contributed by atoms with Gasteiger partial charge in [0.2, 0.25) is 0 Å². The lowest BCUT2D eigenvalue weighted by Crippen LogP contribution is -2.30. The van der Waals surface area contributed by atoms with Crippen molar-refractivity contribution < 1.29 is 0 Å². The van der Waals surface area contributed by atoms with Gasteiger partial charge in [0, 0.05) is 37.1 Å². The molecule has 102 valence electrons. The van der Waals surface area contributed by atoms with E-state index in [0.717, 1.165) is 12.3 Å². The van der Waals surface area contributed by atoms with Gasteiger partial charge >= 0.3 is 0 Å². The van der Waals surface area contributed by atoms with Crippen LogP contribution in [0, 0.1) is 0 Å². The van der Waals surface area contributed by atoms with Crippen molar-refractivity contribution in [3.05, 3.63) is 29.8 Å². The Hall–Kier alpha value is -0.670. The highest BCUT2D eigenvalue weighted by molar-refractivity contribution is 7.98. The average molecular weight is 266 g/mol. The third-order valence-electron chi connectivity index (χ3n) is 3.13. The topological polar surface area (TPSA) is 15.3 Å². The van der Waals surface area contributed by atoms with Gasteiger partial charge in [-0.2, -0.15) is 11.8 Å². The first-order valence-electron chi connectivity index (χ1n) is 6.58. The van der Waals surface area contributed by atoms with E-state index in [1.165, 1.54) is 11.3 Å². The van der Waals surface area contributed by atoms with Crippen molar-refractivity contribution in [2.45, 2.75) is 39.4 Å². The van der Waals surface area contributed by atoms with Gasteiger partial charge in [0.25, 0.3) is 0 Å². The fourth-order valence-electron chi connectivity index (χ4n) is 1.78. The molecule has 0 saturated heterocycles. The number of hydrogen-bond acceptors (Lipinski definition) is 3. The maximum atomic E-state index is 3.44. The van der Waals surface area contributed by atoms with Crippen LogP contribution >= 0.6 is 11.8 Å². The standard InChI is InChI=1S/C15H26N2S/c1-12(2)16-10-14-6-8-15(9-7-14)17(4)13(3)11-18-5/h6-9,12-13,16H,10-11H2,1-5H3. The van der Waals surface area contributed by atoms with Crippen molar-refractivity contribution >= 4 is 17.4 Å². The number of nitrogens with one attached hydrogen (secondary N) is 1. The smallest absolute Gasteiger partial charge is 0.0366 e. The van der Waals surface area contributed by atoms with Crippen LogP contribution in [0.5, 0.6) is 0 Å². The molecule has 0 saturated carbocycles. The quantitative estimate of drug-likeness (QED) is 0.814. The van der Waals surface area contributed by atoms with Gasteiger partial charge in [0.05, 0.1) is 0 Å². The van der Waals surface area contributed by atoms with Crippen molar-refractivity contribution in [3.63, 3.8) is 0 Å². The van der Waals surface area contributed by atoms with Crippen LogP contribution in [0.4, 0.5) is 5.69 Å². The number of anilines is 1. The highest BCUT2D eigenvalue weighted by Crippen LogP contribution is 2.17. The maximum absolute atomic E-state index is 3.44. The molecular weight excluding hydrogens is 240 g/mol. The van der Waals surface area contributed by atoms with E-state index in [-0.39, 0.29) is 0 Å². The Morgan fingerprint density at radius 2 is 1.78 bits per heavy atom. The predicted molar refractivity (Wildman–Crippen MR) is 84.7 cm³/mol. The molecule has 0 heterocycles. The van der Waals surface area contributed by atoms with Gasteiger partial charge in [-0.05, 0) is 30.9 Å². The fourth-order valence-corrected chi connectivity index (χ4v) is 2.48. The van der Waals surface area contributed by atoms with E-state index in [0.29, 0.717) is 12.1 Å². The number of hydrogen-bond donors (Lipinski definition) is 1. The molecule has 0 spiro atoms. The Labute approximate surface area is 116 Å². The zero-order chi connectivity index (χ0) is 13.5. The highest BCUT2D eigenvalue weighted by atomic mass is 32.2. The lowest BCUT2D eigenvalue weighted by atomic mass is 10.1. The lowest BCUT2D eigenvalue weighted by molar-refractivity contribution is 0.589. The van der Waals surface area contributed by atoms with Crippen LogP contribution in [0.1, 0.15) is 26.3 Å². The second kappa shape index (κ2) is 7.70. The summed E-state index contributed by atoms with van der Waals surface area (Å²) in [5, 5.41) is 3.44. The van der Waals surface area contributed by atoms with Gasteiger partial charge in [-0.15, -0.1) is 0 Å². The molecular formula is C15H26N2S. The maximum Gasteiger partial charge on any atom is 0.0366 e. The molecule has 1 N–H and O–H groups in total. The minimum atomic E-state index is 0.536. The van der Waals surface area contributed by atoms with Crippen molar-refractivity contribution in [1.82, 2.24) is 5.32 Å². The molecule has 1 unspecified atom stereocenters.